The van der Waals surface area contributed by atoms with Crippen molar-refractivity contribution in [3.63, 3.8) is 0 Å². The summed E-state index contributed by atoms with van der Waals surface area (Å²) in [5.74, 6) is 6.59. The van der Waals surface area contributed by atoms with E-state index >= 15 is 0 Å². The molecule has 72 valence electrons. The summed E-state index contributed by atoms with van der Waals surface area (Å²) in [6.07, 6.45) is 5.27. The van der Waals surface area contributed by atoms with Gasteiger partial charge in [0.1, 0.15) is 0 Å². The molecule has 0 bridgehead atoms. The molecule has 2 aliphatic heterocycles. The molecule has 2 heterocycles. The van der Waals surface area contributed by atoms with Crippen molar-refractivity contribution in [3.05, 3.63) is 0 Å². The first-order valence-electron chi connectivity index (χ1n) is 5.39. The molecule has 0 aromatic heterocycles. The van der Waals surface area contributed by atoms with Crippen molar-refractivity contribution in [2.75, 3.05) is 26.2 Å². The predicted octanol–water partition coefficient (Wildman–Crippen LogP) is 0.838. The van der Waals surface area contributed by atoms with Crippen LogP contribution in [-0.4, -0.2) is 37.1 Å². The highest BCUT2D eigenvalue weighted by Gasteiger charge is 2.11. The second-order valence-electron chi connectivity index (χ2n) is 3.95. The summed E-state index contributed by atoms with van der Waals surface area (Å²) in [4.78, 5) is 2.45. The number of nitrogens with one attached hydrogen (secondary N) is 1. The molecule has 2 nitrogen and oxygen atoms in total. The summed E-state index contributed by atoms with van der Waals surface area (Å²) in [6, 6.07) is 0.489. The van der Waals surface area contributed by atoms with Crippen LogP contribution in [0.5, 0.6) is 0 Å². The average Bonchev–Trinajstić information content (AvgIpc) is 2.75. The minimum atomic E-state index is 0.489. The minimum absolute atomic E-state index is 0.489. The summed E-state index contributed by atoms with van der Waals surface area (Å²) in [5.41, 5.74) is 0. The fraction of sp³-hybridized carbons (Fsp3) is 0.818. The van der Waals surface area contributed by atoms with E-state index in [-0.39, 0.29) is 0 Å². The molecular weight excluding hydrogens is 160 g/mol. The molecule has 1 N–H and O–H groups in total. The van der Waals surface area contributed by atoms with Crippen molar-refractivity contribution in [1.29, 1.82) is 0 Å². The zero-order valence-electron chi connectivity index (χ0n) is 8.18. The largest absolute Gasteiger partial charge is 0.304 e. The number of nitrogens with zero attached hydrogens (tertiary/aromatic N) is 1. The molecule has 2 heteroatoms. The summed E-state index contributed by atoms with van der Waals surface area (Å²) in [7, 11) is 0. The monoisotopic (exact) mass is 178 g/mol. The molecule has 2 aliphatic rings. The minimum Gasteiger partial charge on any atom is -0.304 e. The molecule has 0 radical (unpaired) electrons. The van der Waals surface area contributed by atoms with E-state index in [1.807, 2.05) is 0 Å². The maximum absolute atomic E-state index is 3.39. The highest BCUT2D eigenvalue weighted by molar-refractivity contribution is 5.10. The highest BCUT2D eigenvalue weighted by Crippen LogP contribution is 2.06. The summed E-state index contributed by atoms with van der Waals surface area (Å²) >= 11 is 0. The van der Waals surface area contributed by atoms with Crippen LogP contribution in [0.1, 0.15) is 25.7 Å². The standard InChI is InChI=1S/C11H18N2/c1-2-9-13(8-1)10-4-6-11-5-3-7-12-11/h11-12H,1-3,5,7-10H2/t11-/m0/s1. The molecule has 2 rings (SSSR count). The maximum atomic E-state index is 3.39. The van der Waals surface area contributed by atoms with E-state index in [4.69, 9.17) is 0 Å². The SMILES string of the molecule is C(#C[C@@H]1CCCN1)CN1CCCC1. The maximum Gasteiger partial charge on any atom is 0.0690 e. The van der Waals surface area contributed by atoms with E-state index in [1.165, 1.54) is 38.8 Å². The lowest BCUT2D eigenvalue weighted by atomic mass is 10.2. The van der Waals surface area contributed by atoms with Crippen LogP contribution in [0.3, 0.4) is 0 Å². The van der Waals surface area contributed by atoms with Gasteiger partial charge in [0.15, 0.2) is 0 Å². The van der Waals surface area contributed by atoms with E-state index in [2.05, 4.69) is 22.1 Å². The van der Waals surface area contributed by atoms with Crippen molar-refractivity contribution in [1.82, 2.24) is 10.2 Å². The highest BCUT2D eigenvalue weighted by atomic mass is 15.1. The van der Waals surface area contributed by atoms with Gasteiger partial charge in [-0.1, -0.05) is 11.8 Å². The predicted molar refractivity (Wildman–Crippen MR) is 54.5 cm³/mol. The van der Waals surface area contributed by atoms with Crippen LogP contribution in [0.25, 0.3) is 0 Å². The Balaban J connectivity index is 1.69. The van der Waals surface area contributed by atoms with Crippen molar-refractivity contribution < 1.29 is 0 Å². The van der Waals surface area contributed by atoms with Crippen molar-refractivity contribution in [2.45, 2.75) is 31.7 Å². The second-order valence-corrected chi connectivity index (χ2v) is 3.95. The molecule has 13 heavy (non-hydrogen) atoms. The van der Waals surface area contributed by atoms with Crippen LogP contribution in [0, 0.1) is 11.8 Å². The average molecular weight is 178 g/mol. The Morgan fingerprint density at radius 3 is 2.77 bits per heavy atom. The van der Waals surface area contributed by atoms with Gasteiger partial charge in [-0.3, -0.25) is 4.90 Å². The zero-order valence-corrected chi connectivity index (χ0v) is 8.18. The summed E-state index contributed by atoms with van der Waals surface area (Å²) in [6.45, 7) is 4.65. The Morgan fingerprint density at radius 1 is 1.23 bits per heavy atom. The molecule has 0 spiro atoms. The summed E-state index contributed by atoms with van der Waals surface area (Å²) in [5, 5.41) is 3.39. The van der Waals surface area contributed by atoms with Crippen LogP contribution >= 0.6 is 0 Å². The number of hydrogen-bond acceptors (Lipinski definition) is 2. The van der Waals surface area contributed by atoms with Crippen LogP contribution in [-0.2, 0) is 0 Å². The lowest BCUT2D eigenvalue weighted by molar-refractivity contribution is 0.383. The van der Waals surface area contributed by atoms with Gasteiger partial charge in [0, 0.05) is 0 Å². The molecule has 1 atom stereocenters. The third-order valence-corrected chi connectivity index (χ3v) is 2.84. The Kier molecular flexibility index (Phi) is 3.23. The third-order valence-electron chi connectivity index (χ3n) is 2.84. The quantitative estimate of drug-likeness (QED) is 0.599. The van der Waals surface area contributed by atoms with Crippen molar-refractivity contribution >= 4 is 0 Å². The lowest BCUT2D eigenvalue weighted by Crippen LogP contribution is -2.21. The van der Waals surface area contributed by atoms with Gasteiger partial charge in [-0.2, -0.15) is 0 Å². The van der Waals surface area contributed by atoms with Crippen LogP contribution in [0.4, 0.5) is 0 Å². The summed E-state index contributed by atoms with van der Waals surface area (Å²) < 4.78 is 0. The van der Waals surface area contributed by atoms with Gasteiger partial charge in [-0.25, -0.2) is 0 Å². The second kappa shape index (κ2) is 4.64. The van der Waals surface area contributed by atoms with E-state index in [0.717, 1.165) is 13.1 Å². The zero-order chi connectivity index (χ0) is 8.93. The first-order chi connectivity index (χ1) is 6.45. The fourth-order valence-corrected chi connectivity index (χ4v) is 2.03. The number of rotatable bonds is 1. The van der Waals surface area contributed by atoms with Crippen molar-refractivity contribution in [2.24, 2.45) is 0 Å². The molecule has 0 saturated carbocycles. The van der Waals surface area contributed by atoms with Gasteiger partial charge in [0.05, 0.1) is 12.6 Å². The molecular formula is C11H18N2. The van der Waals surface area contributed by atoms with Crippen LogP contribution in [0.2, 0.25) is 0 Å². The molecule has 0 aromatic rings. The topological polar surface area (TPSA) is 15.3 Å². The van der Waals surface area contributed by atoms with Crippen LogP contribution < -0.4 is 5.32 Å². The van der Waals surface area contributed by atoms with Crippen molar-refractivity contribution in [3.8, 4) is 11.8 Å². The first-order valence-corrected chi connectivity index (χ1v) is 5.39. The molecule has 0 amide bonds. The van der Waals surface area contributed by atoms with E-state index in [9.17, 15) is 0 Å². The Bertz CT molecular complexity index is 202. The number of hydrogen-bond donors (Lipinski definition) is 1. The first kappa shape index (κ1) is 9.05. The lowest BCUT2D eigenvalue weighted by Gasteiger charge is -2.08. The van der Waals surface area contributed by atoms with Crippen LogP contribution in [0.15, 0.2) is 0 Å². The normalized spacial score (nSPS) is 28.8. The van der Waals surface area contributed by atoms with Gasteiger partial charge < -0.3 is 5.32 Å². The van der Waals surface area contributed by atoms with Gasteiger partial charge in [0.2, 0.25) is 0 Å². The Labute approximate surface area is 80.7 Å². The molecule has 2 saturated heterocycles. The molecule has 2 fully saturated rings. The fourth-order valence-electron chi connectivity index (χ4n) is 2.03. The van der Waals surface area contributed by atoms with Gasteiger partial charge >= 0.3 is 0 Å². The Hall–Kier alpha value is -0.520. The Morgan fingerprint density at radius 2 is 2.08 bits per heavy atom. The molecule has 0 aliphatic carbocycles. The molecule has 0 aromatic carbocycles. The smallest absolute Gasteiger partial charge is 0.0690 e. The van der Waals surface area contributed by atoms with E-state index in [1.54, 1.807) is 0 Å². The molecule has 0 unspecified atom stereocenters. The number of likely N-dealkylation sites (tertiary alicyclic amines) is 1. The van der Waals surface area contributed by atoms with E-state index in [0.29, 0.717) is 6.04 Å². The van der Waals surface area contributed by atoms with Gasteiger partial charge in [0.25, 0.3) is 0 Å². The van der Waals surface area contributed by atoms with Gasteiger partial charge in [-0.05, 0) is 45.3 Å². The third kappa shape index (κ3) is 2.72. The van der Waals surface area contributed by atoms with Gasteiger partial charge in [-0.15, -0.1) is 0 Å². The van der Waals surface area contributed by atoms with E-state index < -0.39 is 0 Å².